The molecule has 0 aromatic rings. The molecule has 6 atom stereocenters. The van der Waals surface area contributed by atoms with Crippen molar-refractivity contribution < 1.29 is 224 Å². The van der Waals surface area contributed by atoms with Crippen LogP contribution in [0.1, 0.15) is 4.28 Å². The number of carbonyl (C=O) groups excluding carboxylic acids is 3. The van der Waals surface area contributed by atoms with Crippen LogP contribution in [-0.2, 0) is 55.9 Å². The fraction of sp³-hybridized carbons (Fsp3) is 0.500. The molecule has 3 aliphatic rings. The van der Waals surface area contributed by atoms with Crippen molar-refractivity contribution >= 4 is 41.4 Å². The smallest absolute Gasteiger partial charge is 1.00 e. The van der Waals surface area contributed by atoms with Crippen molar-refractivity contribution in [3.05, 3.63) is 34.6 Å². The summed E-state index contributed by atoms with van der Waals surface area (Å²) in [4.78, 5) is 83.5. The molecule has 0 aromatic heterocycles. The molecule has 0 unspecified atom stereocenters. The molecule has 0 saturated heterocycles. The van der Waals surface area contributed by atoms with Gasteiger partial charge in [-0.25, -0.2) is 28.1 Å². The van der Waals surface area contributed by atoms with E-state index in [1.165, 1.54) is 0 Å². The summed E-state index contributed by atoms with van der Waals surface area (Å²) >= 11 is 0. The molecule has 0 aliphatic carbocycles. The third-order valence-corrected chi connectivity index (χ3v) is 6.27. The maximum atomic E-state index is 11.0. The molecular formula is C18H30Na3O27P3. The van der Waals surface area contributed by atoms with Gasteiger partial charge in [0.05, 0.1) is 19.8 Å². The van der Waals surface area contributed by atoms with Crippen molar-refractivity contribution in [2.24, 2.45) is 0 Å². The quantitative estimate of drug-likeness (QED) is 0.0375. The standard InChI is InChI=1S/3C6H9O9P.3Na.3H/c3*7-1-2(8)4-3(9)5(6(10)14-4)15-16(11,12)13;;;;;;/h3*2,4,7-9H,1H2,(H2,11,12,13);;;;;;/q;;;3*+1;3*-1/t3*2-,4+;;;;;;/m000....../s1. The minimum atomic E-state index is -5.02. The number of phosphoric ester groups is 3. The molecule has 27 nitrogen and oxygen atoms in total. The van der Waals surface area contributed by atoms with Crippen molar-refractivity contribution in [1.29, 1.82) is 0 Å². The van der Waals surface area contributed by atoms with E-state index in [9.17, 15) is 43.4 Å². The van der Waals surface area contributed by atoms with E-state index in [1.54, 1.807) is 0 Å². The Morgan fingerprint density at radius 1 is 0.510 bits per heavy atom. The Kier molecular flexibility index (Phi) is 24.7. The first-order valence-corrected chi connectivity index (χ1v) is 16.4. The zero-order valence-electron chi connectivity index (χ0n) is 29.0. The first kappa shape index (κ1) is 55.0. The van der Waals surface area contributed by atoms with E-state index >= 15 is 0 Å². The predicted molar refractivity (Wildman–Crippen MR) is 141 cm³/mol. The molecule has 51 heavy (non-hydrogen) atoms. The van der Waals surface area contributed by atoms with Gasteiger partial charge in [-0.2, -0.15) is 0 Å². The monoisotopic (exact) mass is 840 g/mol. The minimum Gasteiger partial charge on any atom is -1.00 e. The Balaban J connectivity index is -0.000000152. The Labute approximate surface area is 353 Å². The molecule has 15 N–H and O–H groups in total. The summed E-state index contributed by atoms with van der Waals surface area (Å²) in [6, 6.07) is 0. The maximum Gasteiger partial charge on any atom is 1.00 e. The molecule has 3 aliphatic heterocycles. The van der Waals surface area contributed by atoms with Crippen LogP contribution in [0.15, 0.2) is 34.6 Å². The van der Waals surface area contributed by atoms with E-state index in [0.29, 0.717) is 0 Å². The largest absolute Gasteiger partial charge is 1.00 e. The van der Waals surface area contributed by atoms with E-state index in [-0.39, 0.29) is 93.0 Å². The molecule has 0 saturated carbocycles. The van der Waals surface area contributed by atoms with E-state index < -0.39 is 132 Å². The van der Waals surface area contributed by atoms with Gasteiger partial charge in [-0.05, 0) is 0 Å². The SMILES string of the molecule is O=C1O[C@H]([C@@H](O)CO)C(O)=C1OP(=O)(O)O.O=C1O[C@H]([C@@H](O)CO)C(O)=C1OP(=O)(O)O.O=C1O[C@H]([C@@H](O)CO)C(O)=C1OP(=O)(O)O.[H-].[H-].[H-].[Na+].[Na+].[Na+]. The van der Waals surface area contributed by atoms with Gasteiger partial charge in [-0.3, -0.25) is 29.4 Å². The van der Waals surface area contributed by atoms with Crippen molar-refractivity contribution in [1.82, 2.24) is 0 Å². The molecule has 0 fully saturated rings. The van der Waals surface area contributed by atoms with E-state index in [4.69, 9.17) is 60.0 Å². The summed E-state index contributed by atoms with van der Waals surface area (Å²) in [6.07, 6.45) is -9.62. The molecule has 33 heteroatoms. The van der Waals surface area contributed by atoms with Crippen LogP contribution in [0.2, 0.25) is 0 Å². The van der Waals surface area contributed by atoms with Crippen LogP contribution < -0.4 is 88.7 Å². The first-order valence-electron chi connectivity index (χ1n) is 11.8. The zero-order valence-corrected chi connectivity index (χ0v) is 34.7. The normalized spacial score (nSPS) is 21.9. The van der Waals surface area contributed by atoms with Gasteiger partial charge >= 0.3 is 130 Å². The number of phosphoric acid groups is 3. The van der Waals surface area contributed by atoms with Crippen LogP contribution in [0.5, 0.6) is 0 Å². The molecule has 0 spiro atoms. The molecule has 0 bridgehead atoms. The average molecular weight is 840 g/mol. The van der Waals surface area contributed by atoms with Crippen LogP contribution in [0.25, 0.3) is 0 Å². The zero-order chi connectivity index (χ0) is 37.5. The third kappa shape index (κ3) is 17.3. The number of aliphatic hydroxyl groups excluding tert-OH is 9. The molecule has 3 rings (SSSR count). The van der Waals surface area contributed by atoms with E-state index in [0.717, 1.165) is 0 Å². The summed E-state index contributed by atoms with van der Waals surface area (Å²) in [6.45, 7) is -2.44. The van der Waals surface area contributed by atoms with Gasteiger partial charge in [0.1, 0.15) is 18.3 Å². The fourth-order valence-corrected chi connectivity index (χ4v) is 4.27. The molecule has 3 heterocycles. The van der Waals surface area contributed by atoms with Crippen molar-refractivity contribution in [3.63, 3.8) is 0 Å². The Bertz CT molecular complexity index is 1310. The van der Waals surface area contributed by atoms with Crippen LogP contribution in [0.3, 0.4) is 0 Å². The number of carbonyl (C=O) groups is 3. The van der Waals surface area contributed by atoms with Gasteiger partial charge in [0, 0.05) is 0 Å². The number of esters is 3. The van der Waals surface area contributed by atoms with Crippen LogP contribution in [0, 0.1) is 0 Å². The average Bonchev–Trinajstić information content (AvgIpc) is 3.51. The third-order valence-electron chi connectivity index (χ3n) is 5.00. The fourth-order valence-electron chi connectivity index (χ4n) is 3.05. The Hall–Kier alpha value is -0.360. The van der Waals surface area contributed by atoms with E-state index in [2.05, 4.69) is 27.8 Å². The molecular weight excluding hydrogens is 810 g/mol. The Morgan fingerprint density at radius 3 is 0.824 bits per heavy atom. The summed E-state index contributed by atoms with van der Waals surface area (Å²) in [5.41, 5.74) is 0. The van der Waals surface area contributed by atoms with Gasteiger partial charge < -0.3 is 78.0 Å². The minimum absolute atomic E-state index is 0. The van der Waals surface area contributed by atoms with Crippen molar-refractivity contribution in [2.75, 3.05) is 19.8 Å². The molecule has 0 aromatic carbocycles. The van der Waals surface area contributed by atoms with Crippen LogP contribution in [0.4, 0.5) is 0 Å². The van der Waals surface area contributed by atoms with Gasteiger partial charge in [0.2, 0.25) is 0 Å². The summed E-state index contributed by atoms with van der Waals surface area (Å²) in [5.74, 6) is -10.2. The second kappa shape index (κ2) is 22.9. The Morgan fingerprint density at radius 2 is 0.686 bits per heavy atom. The number of ether oxygens (including phenoxy) is 3. The second-order valence-electron chi connectivity index (χ2n) is 8.62. The topological polar surface area (TPSA) is 461 Å². The van der Waals surface area contributed by atoms with Gasteiger partial charge in [-0.15, -0.1) is 0 Å². The number of cyclic esters (lactones) is 3. The van der Waals surface area contributed by atoms with Gasteiger partial charge in [0.25, 0.3) is 17.3 Å². The second-order valence-corrected chi connectivity index (χ2v) is 12.1. The number of aliphatic hydroxyl groups is 9. The van der Waals surface area contributed by atoms with Gasteiger partial charge in [0.15, 0.2) is 35.6 Å². The maximum absolute atomic E-state index is 11.0. The summed E-state index contributed by atoms with van der Waals surface area (Å²) in [7, 11) is -15.1. The molecule has 0 radical (unpaired) electrons. The molecule has 0 amide bonds. The number of hydrogen-bond acceptors (Lipinski definition) is 21. The van der Waals surface area contributed by atoms with Crippen LogP contribution >= 0.6 is 23.5 Å². The number of hydrogen-bond donors (Lipinski definition) is 15. The predicted octanol–water partition coefficient (Wildman–Crippen LogP) is -14.2. The van der Waals surface area contributed by atoms with Crippen molar-refractivity contribution in [2.45, 2.75) is 36.6 Å². The van der Waals surface area contributed by atoms with E-state index in [1.807, 2.05) is 0 Å². The summed E-state index contributed by atoms with van der Waals surface area (Å²) < 4.78 is 56.0. The van der Waals surface area contributed by atoms with Crippen molar-refractivity contribution in [3.8, 4) is 0 Å². The summed E-state index contributed by atoms with van der Waals surface area (Å²) in [5, 5.41) is 80.8. The first-order chi connectivity index (χ1) is 21.8. The molecule has 282 valence electrons. The number of rotatable bonds is 12. The van der Waals surface area contributed by atoms with Gasteiger partial charge in [-0.1, -0.05) is 0 Å². The van der Waals surface area contributed by atoms with Crippen LogP contribution in [-0.4, -0.2) is 150 Å².